The monoisotopic (exact) mass is 531 g/mol. The van der Waals surface area contributed by atoms with Crippen LogP contribution in [-0.4, -0.2) is 32.2 Å². The van der Waals surface area contributed by atoms with Crippen LogP contribution in [0.15, 0.2) is 66.0 Å². The van der Waals surface area contributed by atoms with Crippen molar-refractivity contribution < 1.29 is 19.0 Å². The zero-order valence-corrected chi connectivity index (χ0v) is 22.2. The number of fused-ring (bicyclic) bond motifs is 1. The molecule has 0 radical (unpaired) electrons. The Morgan fingerprint density at radius 1 is 0.946 bits per heavy atom. The van der Waals surface area contributed by atoms with Gasteiger partial charge in [-0.15, -0.1) is 22.7 Å². The van der Waals surface area contributed by atoms with Crippen LogP contribution >= 0.6 is 22.7 Å². The van der Waals surface area contributed by atoms with Crippen LogP contribution in [0.5, 0.6) is 17.2 Å². The number of carbonyl (C=O) groups excluding carboxylic acids is 1. The molecule has 37 heavy (non-hydrogen) atoms. The Hall–Kier alpha value is -4.08. The van der Waals surface area contributed by atoms with Gasteiger partial charge in [0.25, 0.3) is 5.91 Å². The molecule has 0 atom stereocenters. The number of aromatic nitrogens is 1. The minimum Gasteiger partial charge on any atom is -0.493 e. The molecule has 9 heteroatoms. The first-order chi connectivity index (χ1) is 18.0. The number of ether oxygens (including phenoxy) is 3. The van der Waals surface area contributed by atoms with E-state index in [-0.39, 0.29) is 5.91 Å². The summed E-state index contributed by atoms with van der Waals surface area (Å²) in [5, 5.41) is 5.67. The maximum absolute atomic E-state index is 13.2. The van der Waals surface area contributed by atoms with Gasteiger partial charge in [0.05, 0.1) is 39.3 Å². The van der Waals surface area contributed by atoms with E-state index in [1.807, 2.05) is 66.0 Å². The van der Waals surface area contributed by atoms with Crippen LogP contribution in [0.4, 0.5) is 5.69 Å². The smallest absolute Gasteiger partial charge is 0.263 e. The molecule has 3 N–H and O–H groups in total. The second-order valence-electron chi connectivity index (χ2n) is 8.12. The highest BCUT2D eigenvalue weighted by atomic mass is 32.1. The summed E-state index contributed by atoms with van der Waals surface area (Å²) in [4.78, 5) is 20.2. The molecule has 0 bridgehead atoms. The fourth-order valence-corrected chi connectivity index (χ4v) is 5.85. The van der Waals surface area contributed by atoms with Crippen molar-refractivity contribution in [2.45, 2.75) is 6.54 Å². The molecule has 0 fully saturated rings. The number of hydrogen-bond acceptors (Lipinski definition) is 8. The quantitative estimate of drug-likeness (QED) is 0.246. The molecule has 0 aliphatic carbocycles. The van der Waals surface area contributed by atoms with Crippen LogP contribution in [-0.2, 0) is 6.54 Å². The predicted octanol–water partition coefficient (Wildman–Crippen LogP) is 6.23. The lowest BCUT2D eigenvalue weighted by Crippen LogP contribution is -2.22. The van der Waals surface area contributed by atoms with Crippen molar-refractivity contribution in [1.82, 2.24) is 10.3 Å². The lowest BCUT2D eigenvalue weighted by atomic mass is 9.98. The van der Waals surface area contributed by atoms with E-state index in [1.54, 1.807) is 32.7 Å². The van der Waals surface area contributed by atoms with Crippen molar-refractivity contribution in [3.8, 4) is 39.6 Å². The zero-order valence-electron chi connectivity index (χ0n) is 20.5. The minimum absolute atomic E-state index is 0.231. The van der Waals surface area contributed by atoms with E-state index in [9.17, 15) is 4.79 Å². The summed E-state index contributed by atoms with van der Waals surface area (Å²) in [6.45, 7) is 0.437. The predicted molar refractivity (Wildman–Crippen MR) is 150 cm³/mol. The Morgan fingerprint density at radius 2 is 1.68 bits per heavy atom. The molecule has 0 aliphatic heterocycles. The Balaban J connectivity index is 1.70. The van der Waals surface area contributed by atoms with E-state index < -0.39 is 0 Å². The number of benzene rings is 2. The van der Waals surface area contributed by atoms with Crippen LogP contribution in [0, 0.1) is 0 Å². The van der Waals surface area contributed by atoms with Gasteiger partial charge in [-0.25, -0.2) is 4.98 Å². The summed E-state index contributed by atoms with van der Waals surface area (Å²) in [5.41, 5.74) is 10.4. The third-order valence-electron chi connectivity index (χ3n) is 5.95. The van der Waals surface area contributed by atoms with Crippen LogP contribution < -0.4 is 25.3 Å². The lowest BCUT2D eigenvalue weighted by molar-refractivity contribution is 0.0956. The number of nitrogens with one attached hydrogen (secondary N) is 1. The molecule has 0 aliphatic rings. The normalized spacial score (nSPS) is 10.9. The summed E-state index contributed by atoms with van der Waals surface area (Å²) < 4.78 is 16.7. The topological polar surface area (TPSA) is 95.7 Å². The Bertz CT molecular complexity index is 1540. The van der Waals surface area contributed by atoms with E-state index in [2.05, 4.69) is 5.32 Å². The molecule has 188 valence electrons. The maximum Gasteiger partial charge on any atom is 0.263 e. The molecule has 5 rings (SSSR count). The van der Waals surface area contributed by atoms with E-state index in [0.717, 1.165) is 27.3 Å². The lowest BCUT2D eigenvalue weighted by Gasteiger charge is -2.15. The first-order valence-electron chi connectivity index (χ1n) is 11.4. The minimum atomic E-state index is -0.231. The van der Waals surface area contributed by atoms with E-state index in [4.69, 9.17) is 24.9 Å². The second kappa shape index (κ2) is 10.5. The zero-order chi connectivity index (χ0) is 25.9. The molecular formula is C28H25N3O4S2. The summed E-state index contributed by atoms with van der Waals surface area (Å²) in [7, 11) is 4.72. The number of nitrogens with zero attached hydrogens (tertiary/aromatic N) is 1. The van der Waals surface area contributed by atoms with Crippen molar-refractivity contribution >= 4 is 44.5 Å². The Labute approximate surface area is 222 Å². The van der Waals surface area contributed by atoms with Crippen LogP contribution in [0.2, 0.25) is 0 Å². The highest BCUT2D eigenvalue weighted by molar-refractivity contribution is 7.21. The molecule has 7 nitrogen and oxygen atoms in total. The van der Waals surface area contributed by atoms with Crippen molar-refractivity contribution in [1.29, 1.82) is 0 Å². The third kappa shape index (κ3) is 4.71. The molecule has 0 spiro atoms. The van der Waals surface area contributed by atoms with Crippen molar-refractivity contribution in [2.24, 2.45) is 0 Å². The van der Waals surface area contributed by atoms with E-state index in [0.29, 0.717) is 44.6 Å². The number of amides is 1. The Morgan fingerprint density at radius 3 is 2.30 bits per heavy atom. The molecule has 0 unspecified atom stereocenters. The molecule has 0 saturated carbocycles. The van der Waals surface area contributed by atoms with Crippen molar-refractivity contribution in [3.05, 3.63) is 75.8 Å². The van der Waals surface area contributed by atoms with Gasteiger partial charge in [-0.3, -0.25) is 4.79 Å². The number of nitrogen functional groups attached to an aromatic ring is 1. The van der Waals surface area contributed by atoms with E-state index >= 15 is 0 Å². The van der Waals surface area contributed by atoms with Crippen molar-refractivity contribution in [3.63, 3.8) is 0 Å². The molecule has 3 heterocycles. The Kier molecular flexibility index (Phi) is 6.98. The second-order valence-corrected chi connectivity index (χ2v) is 10.2. The van der Waals surface area contributed by atoms with Gasteiger partial charge in [-0.05, 0) is 40.8 Å². The first kappa shape index (κ1) is 24.6. The molecule has 0 saturated heterocycles. The number of nitrogens with two attached hydrogens (primary N) is 1. The molecule has 3 aromatic heterocycles. The summed E-state index contributed by atoms with van der Waals surface area (Å²) in [5.74, 6) is 1.30. The summed E-state index contributed by atoms with van der Waals surface area (Å²) >= 11 is 2.87. The standard InChI is InChI=1S/C28H25N3O4S2/c1-33-21-12-17(13-22(34-2)25(21)35-3)19-14-20(16-8-5-4-6-9-16)31-28-23(19)24(29)26(37-28)27(32)30-15-18-10-7-11-36-18/h4-14H,15,29H2,1-3H3,(H,30,32). The van der Waals surface area contributed by atoms with Gasteiger partial charge in [-0.1, -0.05) is 36.4 Å². The van der Waals surface area contributed by atoms with Gasteiger partial charge >= 0.3 is 0 Å². The van der Waals surface area contributed by atoms with Crippen LogP contribution in [0.1, 0.15) is 14.5 Å². The largest absolute Gasteiger partial charge is 0.493 e. The van der Waals surface area contributed by atoms with Gasteiger partial charge in [0.2, 0.25) is 5.75 Å². The average molecular weight is 532 g/mol. The van der Waals surface area contributed by atoms with Gasteiger partial charge < -0.3 is 25.3 Å². The number of pyridine rings is 1. The number of rotatable bonds is 8. The van der Waals surface area contributed by atoms with Gasteiger partial charge in [0.1, 0.15) is 9.71 Å². The van der Waals surface area contributed by atoms with E-state index in [1.165, 1.54) is 11.3 Å². The van der Waals surface area contributed by atoms with Crippen molar-refractivity contribution in [2.75, 3.05) is 27.1 Å². The number of hydrogen-bond donors (Lipinski definition) is 2. The molecular weight excluding hydrogens is 506 g/mol. The SMILES string of the molecule is COc1cc(-c2cc(-c3ccccc3)nc3sc(C(=O)NCc4cccs4)c(N)c23)cc(OC)c1OC. The summed E-state index contributed by atoms with van der Waals surface area (Å²) in [6, 6.07) is 19.6. The maximum atomic E-state index is 13.2. The number of anilines is 1. The van der Waals surface area contributed by atoms with Gasteiger partial charge in [0, 0.05) is 15.8 Å². The molecule has 5 aromatic rings. The number of thiophene rings is 2. The summed E-state index contributed by atoms with van der Waals surface area (Å²) in [6.07, 6.45) is 0. The third-order valence-corrected chi connectivity index (χ3v) is 7.93. The highest BCUT2D eigenvalue weighted by Gasteiger charge is 2.23. The molecule has 2 aromatic carbocycles. The highest BCUT2D eigenvalue weighted by Crippen LogP contribution is 2.46. The number of methoxy groups -OCH3 is 3. The van der Waals surface area contributed by atoms with Crippen LogP contribution in [0.3, 0.4) is 0 Å². The first-order valence-corrected chi connectivity index (χ1v) is 13.1. The molecule has 1 amide bonds. The fourth-order valence-electron chi connectivity index (χ4n) is 4.17. The van der Waals surface area contributed by atoms with Gasteiger partial charge in [-0.2, -0.15) is 0 Å². The fraction of sp³-hybridized carbons (Fsp3) is 0.143. The average Bonchev–Trinajstić information content (AvgIpc) is 3.58. The van der Waals surface area contributed by atoms with Gasteiger partial charge in [0.15, 0.2) is 11.5 Å². The van der Waals surface area contributed by atoms with Crippen LogP contribution in [0.25, 0.3) is 32.6 Å². The number of carbonyl (C=O) groups is 1.